The largest absolute Gasteiger partial charge is 0.356 e. The molecule has 0 bridgehead atoms. The van der Waals surface area contributed by atoms with Crippen molar-refractivity contribution in [1.29, 1.82) is 0 Å². The highest BCUT2D eigenvalue weighted by atomic mass is 16.2. The average molecular weight is 721 g/mol. The molecule has 5 N–H and O–H groups in total. The van der Waals surface area contributed by atoms with Crippen LogP contribution in [-0.4, -0.2) is 84.1 Å². The van der Waals surface area contributed by atoms with Gasteiger partial charge in [0.05, 0.1) is 6.04 Å². The molecule has 1 aromatic carbocycles. The quantitative estimate of drug-likeness (QED) is 0.122. The summed E-state index contributed by atoms with van der Waals surface area (Å²) in [5.41, 5.74) is 1.67. The minimum absolute atomic E-state index is 0.0719. The van der Waals surface area contributed by atoms with Gasteiger partial charge in [-0.2, -0.15) is 0 Å². The topological polar surface area (TPSA) is 166 Å². The summed E-state index contributed by atoms with van der Waals surface area (Å²) in [6.45, 7) is 18.5. The van der Waals surface area contributed by atoms with Crippen molar-refractivity contribution >= 4 is 35.4 Å². The number of unbranched alkanes of at least 4 members (excludes halogenated alkanes) is 1. The summed E-state index contributed by atoms with van der Waals surface area (Å²) in [6.07, 6.45) is 5.00. The van der Waals surface area contributed by atoms with Crippen molar-refractivity contribution in [2.24, 2.45) is 28.6 Å². The molecule has 1 saturated carbocycles. The van der Waals surface area contributed by atoms with Crippen LogP contribution in [0.15, 0.2) is 36.9 Å². The molecule has 0 aromatic heterocycles. The van der Waals surface area contributed by atoms with E-state index in [2.05, 4.69) is 47.0 Å². The van der Waals surface area contributed by atoms with Gasteiger partial charge < -0.3 is 31.5 Å². The maximum absolute atomic E-state index is 14.8. The third kappa shape index (κ3) is 9.41. The lowest BCUT2D eigenvalue weighted by atomic mass is 9.84. The second kappa shape index (κ2) is 17.1. The number of carbonyl (C=O) groups is 6. The van der Waals surface area contributed by atoms with E-state index in [0.717, 1.165) is 17.5 Å². The Hall–Kier alpha value is -4.22. The zero-order valence-corrected chi connectivity index (χ0v) is 32.1. The van der Waals surface area contributed by atoms with Crippen molar-refractivity contribution in [1.82, 2.24) is 31.5 Å². The number of likely N-dealkylation sites (tertiary alicyclic amines) is 1. The molecule has 6 atom stereocenters. The molecule has 1 heterocycles. The van der Waals surface area contributed by atoms with Gasteiger partial charge in [0.15, 0.2) is 0 Å². The predicted octanol–water partition coefficient (Wildman–Crippen LogP) is 3.43. The Balaban J connectivity index is 1.59. The maximum Gasteiger partial charge on any atom is 0.315 e. The highest BCUT2D eigenvalue weighted by molar-refractivity contribution is 6.38. The van der Waals surface area contributed by atoms with Crippen molar-refractivity contribution in [3.05, 3.63) is 48.0 Å². The van der Waals surface area contributed by atoms with Gasteiger partial charge in [0.25, 0.3) is 5.91 Å². The number of carbonyl (C=O) groups excluding carboxylic acids is 6. The van der Waals surface area contributed by atoms with Crippen LogP contribution in [0.25, 0.3) is 0 Å². The first-order valence-electron chi connectivity index (χ1n) is 19.0. The monoisotopic (exact) mass is 720 g/mol. The van der Waals surface area contributed by atoms with Crippen molar-refractivity contribution in [3.8, 4) is 0 Å². The van der Waals surface area contributed by atoms with Crippen LogP contribution in [0.3, 0.4) is 0 Å². The summed E-state index contributed by atoms with van der Waals surface area (Å²) in [5.74, 6) is -2.73. The third-order valence-corrected chi connectivity index (χ3v) is 11.4. The second-order valence-electron chi connectivity index (χ2n) is 16.4. The van der Waals surface area contributed by atoms with E-state index in [4.69, 9.17) is 0 Å². The van der Waals surface area contributed by atoms with Crippen LogP contribution in [-0.2, 0) is 36.8 Å². The number of benzene rings is 1. The van der Waals surface area contributed by atoms with Gasteiger partial charge in [-0.25, -0.2) is 4.79 Å². The smallest absolute Gasteiger partial charge is 0.315 e. The van der Waals surface area contributed by atoms with Crippen LogP contribution in [0.4, 0.5) is 4.79 Å². The Labute approximate surface area is 309 Å². The normalized spacial score (nSPS) is 21.8. The molecule has 3 aliphatic rings. The first kappa shape index (κ1) is 40.5. The number of hydrogen-bond donors (Lipinski definition) is 5. The number of nitrogens with one attached hydrogen (secondary N) is 5. The summed E-state index contributed by atoms with van der Waals surface area (Å²) in [7, 11) is 0. The molecule has 286 valence electrons. The van der Waals surface area contributed by atoms with E-state index in [1.807, 2.05) is 58.9 Å². The Kier molecular flexibility index (Phi) is 13.3. The number of piperidine rings is 1. The molecule has 1 saturated heterocycles. The van der Waals surface area contributed by atoms with Gasteiger partial charge in [-0.1, -0.05) is 84.7 Å². The molecular weight excluding hydrogens is 660 g/mol. The number of fused-ring (bicyclic) bond motifs is 2. The lowest BCUT2D eigenvalue weighted by molar-refractivity contribution is -0.144. The van der Waals surface area contributed by atoms with E-state index in [0.29, 0.717) is 45.2 Å². The molecule has 2 fully saturated rings. The molecule has 4 rings (SSSR count). The van der Waals surface area contributed by atoms with Gasteiger partial charge in [-0.3, -0.25) is 24.0 Å². The van der Waals surface area contributed by atoms with Crippen molar-refractivity contribution in [3.63, 3.8) is 0 Å². The highest BCUT2D eigenvalue weighted by Crippen LogP contribution is 2.65. The van der Waals surface area contributed by atoms with E-state index in [1.165, 1.54) is 6.08 Å². The van der Waals surface area contributed by atoms with Crippen LogP contribution in [0, 0.1) is 28.6 Å². The highest BCUT2D eigenvalue weighted by Gasteiger charge is 2.69. The molecule has 1 aromatic rings. The van der Waals surface area contributed by atoms with E-state index < -0.39 is 41.8 Å². The molecule has 12 nitrogen and oxygen atoms in total. The third-order valence-electron chi connectivity index (χ3n) is 11.4. The van der Waals surface area contributed by atoms with Crippen LogP contribution < -0.4 is 26.6 Å². The van der Waals surface area contributed by atoms with Gasteiger partial charge in [0.2, 0.25) is 23.5 Å². The number of nitrogens with zero attached hydrogens (tertiary/aromatic N) is 1. The maximum atomic E-state index is 14.8. The van der Waals surface area contributed by atoms with Crippen LogP contribution >= 0.6 is 0 Å². The number of Topliss-reactive ketones (excluding diaryl/α,β-unsaturated/α-hetero) is 1. The fourth-order valence-corrected chi connectivity index (χ4v) is 8.17. The van der Waals surface area contributed by atoms with Crippen molar-refractivity contribution in [2.45, 2.75) is 118 Å². The SMILES string of the molecule is C=CCNC(=O)C(=O)C(CCCC)NC(=O)C1[C@@H]2[C@H](CN1C(=O)C(NC(=O)NC(CCC(=O)NCC)C(C)(C)C)C1Cc3ccccc3C1)C2(C)C. The number of ketones is 1. The van der Waals surface area contributed by atoms with Gasteiger partial charge in [0.1, 0.15) is 12.1 Å². The van der Waals surface area contributed by atoms with Crippen molar-refractivity contribution < 1.29 is 28.8 Å². The molecule has 6 amide bonds. The minimum atomic E-state index is -1.03. The molecule has 1 aliphatic heterocycles. The van der Waals surface area contributed by atoms with Crippen LogP contribution in [0.5, 0.6) is 0 Å². The molecule has 4 unspecified atom stereocenters. The first-order valence-corrected chi connectivity index (χ1v) is 19.0. The van der Waals surface area contributed by atoms with E-state index in [-0.39, 0.29) is 59.4 Å². The number of urea groups is 1. The molecular formula is C40H60N6O6. The number of amides is 6. The van der Waals surface area contributed by atoms with E-state index in [1.54, 1.807) is 4.90 Å². The van der Waals surface area contributed by atoms with Gasteiger partial charge >= 0.3 is 6.03 Å². The Bertz CT molecular complexity index is 1490. The molecule has 0 spiro atoms. The summed E-state index contributed by atoms with van der Waals surface area (Å²) in [5, 5.41) is 14.3. The Morgan fingerprint density at radius 1 is 0.962 bits per heavy atom. The predicted molar refractivity (Wildman–Crippen MR) is 200 cm³/mol. The Morgan fingerprint density at radius 3 is 2.19 bits per heavy atom. The summed E-state index contributed by atoms with van der Waals surface area (Å²) in [6, 6.07) is 4.31. The molecule has 2 aliphatic carbocycles. The number of rotatable bonds is 17. The number of hydrogen-bond acceptors (Lipinski definition) is 6. The standard InChI is InChI=1S/C40H60N6O6/c1-9-12-17-28(34(48)36(50)42-20-10-2)43-35(49)33-31-27(40(31,7)8)23-46(33)37(51)32(26-21-24-15-13-14-16-25(24)22-26)45-38(52)44-29(39(4,5)6)18-19-30(47)41-11-3/h10,13-16,26-29,31-33H,2,9,11-12,17-23H2,1,3-8H3,(H,41,47)(H,42,50)(H,43,49)(H2,44,45,52)/t27-,28?,29?,31-,32?,33?/m0/s1. The summed E-state index contributed by atoms with van der Waals surface area (Å²) < 4.78 is 0. The second-order valence-corrected chi connectivity index (χ2v) is 16.4. The van der Waals surface area contributed by atoms with Crippen molar-refractivity contribution in [2.75, 3.05) is 19.6 Å². The van der Waals surface area contributed by atoms with E-state index in [9.17, 15) is 28.8 Å². The van der Waals surface area contributed by atoms with Crippen LogP contribution in [0.1, 0.15) is 91.7 Å². The molecule has 12 heteroatoms. The lowest BCUT2D eigenvalue weighted by Gasteiger charge is -2.36. The minimum Gasteiger partial charge on any atom is -0.356 e. The summed E-state index contributed by atoms with van der Waals surface area (Å²) >= 11 is 0. The zero-order valence-electron chi connectivity index (χ0n) is 32.1. The van der Waals surface area contributed by atoms with E-state index >= 15 is 0 Å². The average Bonchev–Trinajstić information content (AvgIpc) is 3.44. The zero-order chi connectivity index (χ0) is 38.4. The van der Waals surface area contributed by atoms with Gasteiger partial charge in [-0.05, 0) is 72.3 Å². The lowest BCUT2D eigenvalue weighted by Crippen LogP contribution is -2.61. The summed E-state index contributed by atoms with van der Waals surface area (Å²) in [4.78, 5) is 82.6. The molecule has 52 heavy (non-hydrogen) atoms. The molecule has 0 radical (unpaired) electrons. The van der Waals surface area contributed by atoms with Crippen LogP contribution in [0.2, 0.25) is 0 Å². The van der Waals surface area contributed by atoms with Gasteiger partial charge in [-0.15, -0.1) is 6.58 Å². The first-order chi connectivity index (χ1) is 24.5. The fourth-order valence-electron chi connectivity index (χ4n) is 8.17. The fraction of sp³-hybridized carbons (Fsp3) is 0.650. The van der Waals surface area contributed by atoms with Gasteiger partial charge in [0, 0.05) is 32.1 Å². The Morgan fingerprint density at radius 2 is 1.62 bits per heavy atom.